The van der Waals surface area contributed by atoms with Crippen LogP contribution in [-0.2, 0) is 14.3 Å². The first-order valence-corrected chi connectivity index (χ1v) is 8.37. The highest BCUT2D eigenvalue weighted by Crippen LogP contribution is 2.18. The maximum Gasteiger partial charge on any atom is 0.407 e. The van der Waals surface area contributed by atoms with Crippen molar-refractivity contribution in [2.24, 2.45) is 11.5 Å². The van der Waals surface area contributed by atoms with Crippen LogP contribution in [0.1, 0.15) is 60.8 Å². The minimum Gasteiger partial charge on any atom is -0.458 e. The second-order valence-corrected chi connectivity index (χ2v) is 8.16. The summed E-state index contributed by atoms with van der Waals surface area (Å²) in [6.07, 6.45) is 0.905. The van der Waals surface area contributed by atoms with E-state index in [1.54, 1.807) is 41.5 Å². The van der Waals surface area contributed by atoms with Crippen molar-refractivity contribution in [2.75, 3.05) is 6.54 Å². The molecule has 0 aromatic rings. The van der Waals surface area contributed by atoms with Crippen LogP contribution in [0.2, 0.25) is 0 Å². The van der Waals surface area contributed by atoms with Gasteiger partial charge in [-0.25, -0.2) is 9.59 Å². The molecule has 0 saturated heterocycles. The highest BCUT2D eigenvalue weighted by atomic mass is 32.1. The fraction of sp³-hybridized carbons (Fsp3) is 0.812. The van der Waals surface area contributed by atoms with Crippen molar-refractivity contribution in [3.63, 3.8) is 0 Å². The molecule has 8 heteroatoms. The Morgan fingerprint density at radius 2 is 1.50 bits per heavy atom. The smallest absolute Gasteiger partial charge is 0.407 e. The Morgan fingerprint density at radius 3 is 1.92 bits per heavy atom. The number of nitrogens with one attached hydrogen (secondary N) is 1. The molecule has 0 radical (unpaired) electrons. The summed E-state index contributed by atoms with van der Waals surface area (Å²) in [4.78, 5) is 23.7. The van der Waals surface area contributed by atoms with Crippen LogP contribution in [0.25, 0.3) is 0 Å². The van der Waals surface area contributed by atoms with Crippen LogP contribution in [0.5, 0.6) is 0 Å². The van der Waals surface area contributed by atoms with Crippen molar-refractivity contribution in [2.45, 2.75) is 77.5 Å². The highest BCUT2D eigenvalue weighted by molar-refractivity contribution is 7.80. The number of unbranched alkanes of at least 4 members (excludes halogenated alkanes) is 1. The molecule has 0 aromatic carbocycles. The normalized spacial score (nSPS) is 14.5. The fourth-order valence-corrected chi connectivity index (χ4v) is 1.91. The lowest BCUT2D eigenvalue weighted by molar-refractivity contribution is -0.159. The standard InChI is InChI=1S/C16H31N3O4S/c1-14(2,3)22-12(20)16(18,11(17)24)9-7-8-10-19-13(21)23-15(4,5)6/h7-10,18H2,1-6H3,(H2,17,24)(H,19,21)/t16-/m1/s1. The van der Waals surface area contributed by atoms with E-state index in [9.17, 15) is 9.59 Å². The van der Waals surface area contributed by atoms with Gasteiger partial charge in [0.05, 0.1) is 0 Å². The molecule has 0 aliphatic carbocycles. The fourth-order valence-electron chi connectivity index (χ4n) is 1.73. The average Bonchev–Trinajstić information content (AvgIpc) is 2.33. The number of rotatable bonds is 7. The van der Waals surface area contributed by atoms with Gasteiger partial charge in [-0.1, -0.05) is 12.2 Å². The molecule has 140 valence electrons. The molecule has 0 saturated carbocycles. The third kappa shape index (κ3) is 9.02. The van der Waals surface area contributed by atoms with Crippen LogP contribution in [0.15, 0.2) is 0 Å². The minimum absolute atomic E-state index is 0.100. The number of esters is 1. The minimum atomic E-state index is -1.51. The summed E-state index contributed by atoms with van der Waals surface area (Å²) in [5, 5.41) is 2.64. The van der Waals surface area contributed by atoms with E-state index in [1.807, 2.05) is 0 Å². The van der Waals surface area contributed by atoms with Gasteiger partial charge >= 0.3 is 12.1 Å². The van der Waals surface area contributed by atoms with Crippen molar-refractivity contribution in [1.82, 2.24) is 5.32 Å². The number of alkyl carbamates (subject to hydrolysis) is 1. The van der Waals surface area contributed by atoms with Crippen LogP contribution >= 0.6 is 12.2 Å². The number of nitrogens with two attached hydrogens (primary N) is 2. The van der Waals surface area contributed by atoms with E-state index >= 15 is 0 Å². The van der Waals surface area contributed by atoms with Crippen molar-refractivity contribution in [1.29, 1.82) is 0 Å². The molecule has 0 rings (SSSR count). The molecular weight excluding hydrogens is 330 g/mol. The molecule has 0 fully saturated rings. The van der Waals surface area contributed by atoms with Gasteiger partial charge in [0.15, 0.2) is 5.54 Å². The van der Waals surface area contributed by atoms with Crippen LogP contribution in [0, 0.1) is 0 Å². The van der Waals surface area contributed by atoms with Crippen LogP contribution in [0.4, 0.5) is 4.79 Å². The summed E-state index contributed by atoms with van der Waals surface area (Å²) in [5.41, 5.74) is 8.98. The van der Waals surface area contributed by atoms with Gasteiger partial charge in [-0.2, -0.15) is 0 Å². The number of hydrogen-bond acceptors (Lipinski definition) is 6. The summed E-state index contributed by atoms with van der Waals surface area (Å²) in [7, 11) is 0. The Balaban J connectivity index is 4.40. The van der Waals surface area contributed by atoms with Crippen LogP contribution in [-0.4, -0.2) is 40.3 Å². The maximum atomic E-state index is 12.2. The molecule has 7 nitrogen and oxygen atoms in total. The predicted octanol–water partition coefficient (Wildman–Crippen LogP) is 2.01. The molecule has 5 N–H and O–H groups in total. The second-order valence-electron chi connectivity index (χ2n) is 7.72. The Labute approximate surface area is 149 Å². The SMILES string of the molecule is CC(C)(C)OC(=O)NCCCC[C@](N)(C(=O)OC(C)(C)C)C(N)=S. The van der Waals surface area contributed by atoms with Crippen molar-refractivity contribution in [3.05, 3.63) is 0 Å². The van der Waals surface area contributed by atoms with Crippen molar-refractivity contribution < 1.29 is 19.1 Å². The largest absolute Gasteiger partial charge is 0.458 e. The number of thiocarbonyl (C=S) groups is 1. The quantitative estimate of drug-likeness (QED) is 0.361. The van der Waals surface area contributed by atoms with Gasteiger partial charge in [0.2, 0.25) is 0 Å². The van der Waals surface area contributed by atoms with E-state index in [4.69, 9.17) is 33.2 Å². The summed E-state index contributed by atoms with van der Waals surface area (Å²) in [6.45, 7) is 11.0. The molecule has 0 aliphatic rings. The number of carbonyl (C=O) groups excluding carboxylic acids is 2. The zero-order valence-electron chi connectivity index (χ0n) is 15.5. The zero-order chi connectivity index (χ0) is 19.2. The molecule has 0 aliphatic heterocycles. The van der Waals surface area contributed by atoms with Crippen LogP contribution < -0.4 is 16.8 Å². The van der Waals surface area contributed by atoms with Crippen molar-refractivity contribution in [3.8, 4) is 0 Å². The van der Waals surface area contributed by atoms with Gasteiger partial charge in [0.1, 0.15) is 16.2 Å². The number of carbonyl (C=O) groups is 2. The molecule has 1 atom stereocenters. The number of hydrogen-bond donors (Lipinski definition) is 3. The first-order chi connectivity index (χ1) is 10.7. The van der Waals surface area contributed by atoms with Gasteiger partial charge in [-0.3, -0.25) is 0 Å². The van der Waals surface area contributed by atoms with Gasteiger partial charge in [-0.05, 0) is 60.8 Å². The first-order valence-electron chi connectivity index (χ1n) is 7.96. The maximum absolute atomic E-state index is 12.2. The Morgan fingerprint density at radius 1 is 1.00 bits per heavy atom. The summed E-state index contributed by atoms with van der Waals surface area (Å²) in [6, 6.07) is 0. The lowest BCUT2D eigenvalue weighted by atomic mass is 9.93. The highest BCUT2D eigenvalue weighted by Gasteiger charge is 2.40. The van der Waals surface area contributed by atoms with E-state index in [0.29, 0.717) is 19.4 Å². The van der Waals surface area contributed by atoms with Gasteiger partial charge in [-0.15, -0.1) is 0 Å². The molecule has 0 bridgehead atoms. The van der Waals surface area contributed by atoms with Crippen molar-refractivity contribution >= 4 is 29.3 Å². The number of amides is 1. The lowest BCUT2D eigenvalue weighted by Crippen LogP contribution is -2.59. The van der Waals surface area contributed by atoms with Gasteiger partial charge in [0, 0.05) is 6.54 Å². The third-order valence-electron chi connectivity index (χ3n) is 2.87. The van der Waals surface area contributed by atoms with E-state index in [1.165, 1.54) is 0 Å². The molecular formula is C16H31N3O4S. The Hall–Kier alpha value is -1.41. The third-order valence-corrected chi connectivity index (χ3v) is 3.23. The summed E-state index contributed by atoms with van der Waals surface area (Å²) < 4.78 is 10.4. The van der Waals surface area contributed by atoms with E-state index in [-0.39, 0.29) is 11.4 Å². The first kappa shape index (κ1) is 22.6. The molecule has 0 spiro atoms. The Kier molecular flexibility index (Phi) is 8.11. The molecule has 0 unspecified atom stereocenters. The van der Waals surface area contributed by atoms with E-state index < -0.39 is 28.8 Å². The van der Waals surface area contributed by atoms with Crippen LogP contribution in [0.3, 0.4) is 0 Å². The topological polar surface area (TPSA) is 117 Å². The molecule has 24 heavy (non-hydrogen) atoms. The molecule has 1 amide bonds. The lowest BCUT2D eigenvalue weighted by Gasteiger charge is -2.30. The van der Waals surface area contributed by atoms with Gasteiger partial charge < -0.3 is 26.3 Å². The average molecular weight is 362 g/mol. The van der Waals surface area contributed by atoms with E-state index in [0.717, 1.165) is 0 Å². The second kappa shape index (κ2) is 8.62. The summed E-state index contributed by atoms with van der Waals surface area (Å²) in [5.74, 6) is -0.636. The molecule has 0 aromatic heterocycles. The molecule has 0 heterocycles. The van der Waals surface area contributed by atoms with Gasteiger partial charge in [0.25, 0.3) is 0 Å². The zero-order valence-corrected chi connectivity index (χ0v) is 16.3. The summed E-state index contributed by atoms with van der Waals surface area (Å²) >= 11 is 4.94. The Bertz CT molecular complexity index is 469. The predicted molar refractivity (Wildman–Crippen MR) is 97.6 cm³/mol. The number of ether oxygens (including phenoxy) is 2. The monoisotopic (exact) mass is 361 g/mol. The van der Waals surface area contributed by atoms with E-state index in [2.05, 4.69) is 5.32 Å².